The van der Waals surface area contributed by atoms with Crippen LogP contribution in [0.25, 0.3) is 0 Å². The summed E-state index contributed by atoms with van der Waals surface area (Å²) in [5.74, 6) is 0.402. The number of hydrogen-bond acceptors (Lipinski definition) is 3. The first kappa shape index (κ1) is 19.4. The topological polar surface area (TPSA) is 73.7 Å². The van der Waals surface area contributed by atoms with Crippen molar-refractivity contribution in [3.63, 3.8) is 0 Å². The molecule has 0 spiro atoms. The molecule has 4 rings (SSSR count). The van der Waals surface area contributed by atoms with Gasteiger partial charge in [-0.3, -0.25) is 14.7 Å². The van der Waals surface area contributed by atoms with Crippen LogP contribution in [0.4, 0.5) is 10.5 Å². The molecule has 2 amide bonds. The highest BCUT2D eigenvalue weighted by atomic mass is 16.4. The molecule has 2 fully saturated rings. The van der Waals surface area contributed by atoms with Crippen molar-refractivity contribution in [1.82, 2.24) is 9.88 Å². The number of likely N-dealkylation sites (tertiary alicyclic amines) is 1. The number of hydrogen-bond donors (Lipinski definition) is 1. The first-order valence-electron chi connectivity index (χ1n) is 10.4. The number of para-hydroxylation sites is 1. The molecule has 29 heavy (non-hydrogen) atoms. The number of pyridine rings is 1. The van der Waals surface area contributed by atoms with Crippen LogP contribution in [0.2, 0.25) is 0 Å². The Hall–Kier alpha value is -2.89. The summed E-state index contributed by atoms with van der Waals surface area (Å²) in [6.07, 6.45) is 7.80. The number of carbonyl (C=O) groups is 2. The van der Waals surface area contributed by atoms with Gasteiger partial charge in [0.15, 0.2) is 0 Å². The molecule has 1 aromatic carbocycles. The van der Waals surface area contributed by atoms with E-state index in [9.17, 15) is 14.7 Å². The molecule has 1 saturated heterocycles. The fraction of sp³-hybridized carbons (Fsp3) is 0.435. The highest BCUT2D eigenvalue weighted by molar-refractivity contribution is 5.99. The van der Waals surface area contributed by atoms with Gasteiger partial charge in [0.2, 0.25) is 5.91 Å². The maximum atomic E-state index is 13.2. The largest absolute Gasteiger partial charge is 0.465 e. The minimum atomic E-state index is -1.04. The van der Waals surface area contributed by atoms with E-state index in [-0.39, 0.29) is 5.91 Å². The molecule has 1 atom stereocenters. The van der Waals surface area contributed by atoms with E-state index in [1.165, 1.54) is 42.6 Å². The van der Waals surface area contributed by atoms with E-state index in [1.807, 2.05) is 42.6 Å². The Kier molecular flexibility index (Phi) is 5.79. The van der Waals surface area contributed by atoms with Crippen LogP contribution in [0.5, 0.6) is 0 Å². The lowest BCUT2D eigenvalue weighted by molar-refractivity contribution is -0.127. The molecule has 1 saturated carbocycles. The smallest absolute Gasteiger partial charge is 0.407 e. The van der Waals surface area contributed by atoms with E-state index < -0.39 is 12.1 Å². The highest BCUT2D eigenvalue weighted by Crippen LogP contribution is 2.32. The third-order valence-corrected chi connectivity index (χ3v) is 6.13. The van der Waals surface area contributed by atoms with Crippen LogP contribution in [0.1, 0.15) is 55.7 Å². The number of aromatic nitrogens is 1. The van der Waals surface area contributed by atoms with Crippen LogP contribution in [-0.4, -0.2) is 39.6 Å². The molecular weight excluding hydrogens is 366 g/mol. The van der Waals surface area contributed by atoms with E-state index in [1.54, 1.807) is 4.90 Å². The lowest BCUT2D eigenvalue weighted by atomic mass is 9.85. The molecule has 0 radical (unpaired) electrons. The predicted octanol–water partition coefficient (Wildman–Crippen LogP) is 4.41. The van der Waals surface area contributed by atoms with E-state index >= 15 is 0 Å². The molecule has 0 bridgehead atoms. The maximum Gasteiger partial charge on any atom is 0.407 e. The van der Waals surface area contributed by atoms with Gasteiger partial charge in [0, 0.05) is 18.4 Å². The van der Waals surface area contributed by atoms with E-state index in [4.69, 9.17) is 0 Å². The summed E-state index contributed by atoms with van der Waals surface area (Å²) in [5, 5.41) is 9.29. The van der Waals surface area contributed by atoms with Crippen LogP contribution >= 0.6 is 0 Å². The number of anilines is 1. The molecule has 6 nitrogen and oxygen atoms in total. The molecule has 2 aliphatic rings. The van der Waals surface area contributed by atoms with Gasteiger partial charge in [-0.2, -0.15) is 0 Å². The second-order valence-electron chi connectivity index (χ2n) is 7.96. The van der Waals surface area contributed by atoms with E-state index in [0.29, 0.717) is 25.4 Å². The van der Waals surface area contributed by atoms with Gasteiger partial charge in [-0.05, 0) is 48.9 Å². The summed E-state index contributed by atoms with van der Waals surface area (Å²) in [6, 6.07) is 12.9. The number of carboxylic acid groups (broad SMARTS) is 1. The fourth-order valence-electron chi connectivity index (χ4n) is 4.33. The molecule has 1 aliphatic heterocycles. The van der Waals surface area contributed by atoms with Gasteiger partial charge in [-0.25, -0.2) is 4.79 Å². The van der Waals surface area contributed by atoms with Crippen molar-refractivity contribution in [3.05, 3.63) is 59.9 Å². The molecule has 2 aromatic rings. The fourth-order valence-corrected chi connectivity index (χ4v) is 4.33. The first-order chi connectivity index (χ1) is 14.1. The van der Waals surface area contributed by atoms with Crippen LogP contribution < -0.4 is 4.90 Å². The summed E-state index contributed by atoms with van der Waals surface area (Å²) in [7, 11) is 0. The Bertz CT molecular complexity index is 847. The zero-order chi connectivity index (χ0) is 20.2. The van der Waals surface area contributed by atoms with Crippen molar-refractivity contribution in [2.75, 3.05) is 11.4 Å². The molecule has 1 N–H and O–H groups in total. The Morgan fingerprint density at radius 3 is 2.38 bits per heavy atom. The third kappa shape index (κ3) is 4.26. The van der Waals surface area contributed by atoms with Gasteiger partial charge >= 0.3 is 6.09 Å². The van der Waals surface area contributed by atoms with Crippen molar-refractivity contribution < 1.29 is 14.7 Å². The second kappa shape index (κ2) is 8.64. The van der Waals surface area contributed by atoms with Crippen molar-refractivity contribution in [2.24, 2.45) is 0 Å². The Morgan fingerprint density at radius 1 is 1.03 bits per heavy atom. The Morgan fingerprint density at radius 2 is 1.79 bits per heavy atom. The van der Waals surface area contributed by atoms with Crippen LogP contribution in [0, 0.1) is 0 Å². The first-order valence-corrected chi connectivity index (χ1v) is 10.4. The second-order valence-corrected chi connectivity index (χ2v) is 7.96. The van der Waals surface area contributed by atoms with Crippen LogP contribution in [-0.2, 0) is 11.3 Å². The number of rotatable bonds is 5. The van der Waals surface area contributed by atoms with Gasteiger partial charge in [-0.15, -0.1) is 0 Å². The molecule has 0 unspecified atom stereocenters. The van der Waals surface area contributed by atoms with Gasteiger partial charge in [0.05, 0.1) is 12.2 Å². The van der Waals surface area contributed by atoms with Gasteiger partial charge < -0.3 is 10.0 Å². The zero-order valence-corrected chi connectivity index (χ0v) is 16.5. The van der Waals surface area contributed by atoms with Crippen molar-refractivity contribution >= 4 is 17.7 Å². The van der Waals surface area contributed by atoms with Crippen LogP contribution in [0.3, 0.4) is 0 Å². The molecule has 6 heteroatoms. The average molecular weight is 393 g/mol. The summed E-state index contributed by atoms with van der Waals surface area (Å²) >= 11 is 0. The Balaban J connectivity index is 1.52. The minimum absolute atomic E-state index is 0.192. The molecular formula is C23H27N3O3. The maximum absolute atomic E-state index is 13.2. The van der Waals surface area contributed by atoms with Gasteiger partial charge in [0.25, 0.3) is 0 Å². The minimum Gasteiger partial charge on any atom is -0.465 e. The summed E-state index contributed by atoms with van der Waals surface area (Å²) in [4.78, 5) is 32.0. The number of nitrogens with zero attached hydrogens (tertiary/aromatic N) is 3. The van der Waals surface area contributed by atoms with E-state index in [2.05, 4.69) is 11.1 Å². The Labute approximate surface area is 171 Å². The monoisotopic (exact) mass is 393 g/mol. The molecule has 1 aliphatic carbocycles. The summed E-state index contributed by atoms with van der Waals surface area (Å²) < 4.78 is 0. The van der Waals surface area contributed by atoms with Gasteiger partial charge in [-0.1, -0.05) is 43.5 Å². The average Bonchev–Trinajstić information content (AvgIpc) is 2.72. The lowest BCUT2D eigenvalue weighted by Crippen LogP contribution is -2.58. The van der Waals surface area contributed by atoms with Crippen molar-refractivity contribution in [2.45, 2.75) is 57.0 Å². The van der Waals surface area contributed by atoms with Crippen LogP contribution in [0.15, 0.2) is 48.7 Å². The standard InChI is InChI=1S/C23H27N3O3/c27-22(21-13-14-25(21)23(28)29)26(20-9-5-2-6-10-20)16-19-12-11-18(15-24-19)17-7-3-1-4-8-17/h2,5-6,9-12,15,17,21H,1,3-4,7-8,13-14,16H2,(H,28,29)/t21-/m1/s1. The zero-order valence-electron chi connectivity index (χ0n) is 16.5. The normalized spacial score (nSPS) is 19.4. The lowest BCUT2D eigenvalue weighted by Gasteiger charge is -2.40. The molecule has 152 valence electrons. The highest BCUT2D eigenvalue weighted by Gasteiger charge is 2.40. The van der Waals surface area contributed by atoms with Crippen molar-refractivity contribution in [3.8, 4) is 0 Å². The number of amides is 2. The number of benzene rings is 1. The van der Waals surface area contributed by atoms with Crippen molar-refractivity contribution in [1.29, 1.82) is 0 Å². The summed E-state index contributed by atoms with van der Waals surface area (Å²) in [5.41, 5.74) is 2.85. The summed E-state index contributed by atoms with van der Waals surface area (Å²) in [6.45, 7) is 0.737. The third-order valence-electron chi connectivity index (χ3n) is 6.13. The predicted molar refractivity (Wildman–Crippen MR) is 111 cm³/mol. The quantitative estimate of drug-likeness (QED) is 0.816. The SMILES string of the molecule is O=C([C@H]1CCN1C(=O)O)N(Cc1ccc(C2CCCCC2)cn1)c1ccccc1. The molecule has 2 heterocycles. The molecule has 1 aromatic heterocycles. The van der Waals surface area contributed by atoms with Gasteiger partial charge in [0.1, 0.15) is 6.04 Å². The van der Waals surface area contributed by atoms with E-state index in [0.717, 1.165) is 11.4 Å². The number of carbonyl (C=O) groups excluding carboxylic acids is 1.